The Hall–Kier alpha value is -2.38. The molecule has 2 aromatic rings. The molecule has 2 aromatic carbocycles. The summed E-state index contributed by atoms with van der Waals surface area (Å²) in [5, 5.41) is 0. The van der Waals surface area contributed by atoms with Crippen LogP contribution in [-0.2, 0) is 10.0 Å². The standard InChI is InChI=1S/C20H25N3O3S/c1-22(2)14-16-12-13-23(15-16)20(24)17-8-10-19(11-9-17)27(25,26)21-18-6-4-3-5-7-18/h3-11,16,21H,12-15H2,1-2H3/t16-/m0/s1. The van der Waals surface area contributed by atoms with E-state index in [1.807, 2.05) is 25.1 Å². The van der Waals surface area contributed by atoms with Gasteiger partial charge in [-0.25, -0.2) is 8.42 Å². The topological polar surface area (TPSA) is 69.7 Å². The zero-order valence-electron chi connectivity index (χ0n) is 15.6. The van der Waals surface area contributed by atoms with Crippen molar-refractivity contribution in [2.24, 2.45) is 5.92 Å². The highest BCUT2D eigenvalue weighted by Crippen LogP contribution is 2.21. The SMILES string of the molecule is CN(C)C[C@@H]1CCN(C(=O)c2ccc(S(=O)(=O)Nc3ccccc3)cc2)C1. The van der Waals surface area contributed by atoms with Gasteiger partial charge in [0.15, 0.2) is 0 Å². The van der Waals surface area contributed by atoms with Crippen LogP contribution in [0.25, 0.3) is 0 Å². The molecule has 0 unspecified atom stereocenters. The van der Waals surface area contributed by atoms with Crippen LogP contribution in [0.3, 0.4) is 0 Å². The molecule has 0 saturated carbocycles. The monoisotopic (exact) mass is 387 g/mol. The molecule has 1 aliphatic heterocycles. The van der Waals surface area contributed by atoms with Crippen LogP contribution < -0.4 is 4.72 Å². The number of carbonyl (C=O) groups excluding carboxylic acids is 1. The lowest BCUT2D eigenvalue weighted by molar-refractivity contribution is 0.0785. The molecule has 1 amide bonds. The van der Waals surface area contributed by atoms with Crippen molar-refractivity contribution < 1.29 is 13.2 Å². The van der Waals surface area contributed by atoms with Gasteiger partial charge in [0.2, 0.25) is 0 Å². The van der Waals surface area contributed by atoms with Crippen LogP contribution in [0.5, 0.6) is 0 Å². The zero-order chi connectivity index (χ0) is 19.4. The van der Waals surface area contributed by atoms with Crippen LogP contribution in [0.15, 0.2) is 59.5 Å². The Morgan fingerprint density at radius 1 is 1.11 bits per heavy atom. The average Bonchev–Trinajstić information content (AvgIpc) is 3.09. The molecule has 0 radical (unpaired) electrons. The first-order valence-corrected chi connectivity index (χ1v) is 10.5. The third kappa shape index (κ3) is 4.87. The van der Waals surface area contributed by atoms with Gasteiger partial charge in [0.25, 0.3) is 15.9 Å². The number of hydrogen-bond donors (Lipinski definition) is 1. The summed E-state index contributed by atoms with van der Waals surface area (Å²) in [6, 6.07) is 14.8. The number of likely N-dealkylation sites (tertiary alicyclic amines) is 1. The molecule has 1 N–H and O–H groups in total. The summed E-state index contributed by atoms with van der Waals surface area (Å²) in [6.45, 7) is 2.45. The summed E-state index contributed by atoms with van der Waals surface area (Å²) in [4.78, 5) is 16.8. The molecule has 0 aliphatic carbocycles. The van der Waals surface area contributed by atoms with Gasteiger partial charge in [0, 0.05) is 30.9 Å². The lowest BCUT2D eigenvalue weighted by Gasteiger charge is -2.18. The molecule has 1 saturated heterocycles. The maximum absolute atomic E-state index is 12.7. The van der Waals surface area contributed by atoms with E-state index >= 15 is 0 Å². The van der Waals surface area contributed by atoms with Crippen LogP contribution in [0.2, 0.25) is 0 Å². The van der Waals surface area contributed by atoms with Gasteiger partial charge in [-0.05, 0) is 62.8 Å². The van der Waals surface area contributed by atoms with Crippen molar-refractivity contribution in [3.63, 3.8) is 0 Å². The normalized spacial score (nSPS) is 17.3. The fourth-order valence-electron chi connectivity index (χ4n) is 3.36. The van der Waals surface area contributed by atoms with Crippen molar-refractivity contribution in [1.82, 2.24) is 9.80 Å². The lowest BCUT2D eigenvalue weighted by atomic mass is 10.1. The summed E-state index contributed by atoms with van der Waals surface area (Å²) in [5.41, 5.74) is 1.01. The van der Waals surface area contributed by atoms with Gasteiger partial charge >= 0.3 is 0 Å². The second-order valence-corrected chi connectivity index (χ2v) is 8.85. The van der Waals surface area contributed by atoms with Crippen LogP contribution in [0.1, 0.15) is 16.8 Å². The van der Waals surface area contributed by atoms with Crippen LogP contribution >= 0.6 is 0 Å². The summed E-state index contributed by atoms with van der Waals surface area (Å²) < 4.78 is 27.5. The van der Waals surface area contributed by atoms with E-state index in [2.05, 4.69) is 9.62 Å². The number of nitrogens with one attached hydrogen (secondary N) is 1. The minimum atomic E-state index is -3.68. The summed E-state index contributed by atoms with van der Waals surface area (Å²) >= 11 is 0. The molecule has 144 valence electrons. The van der Waals surface area contributed by atoms with Crippen LogP contribution in [0, 0.1) is 5.92 Å². The minimum absolute atomic E-state index is 0.0452. The summed E-state index contributed by atoms with van der Waals surface area (Å²) in [7, 11) is 0.392. The van der Waals surface area contributed by atoms with Gasteiger partial charge in [-0.3, -0.25) is 9.52 Å². The first-order valence-electron chi connectivity index (χ1n) is 8.97. The second-order valence-electron chi connectivity index (χ2n) is 7.16. The maximum Gasteiger partial charge on any atom is 0.261 e. The fraction of sp³-hybridized carbons (Fsp3) is 0.350. The molecule has 6 nitrogen and oxygen atoms in total. The van der Waals surface area contributed by atoms with Gasteiger partial charge in [-0.15, -0.1) is 0 Å². The van der Waals surface area contributed by atoms with Gasteiger partial charge in [-0.1, -0.05) is 18.2 Å². The highest BCUT2D eigenvalue weighted by atomic mass is 32.2. The van der Waals surface area contributed by atoms with E-state index in [0.717, 1.165) is 26.1 Å². The Morgan fingerprint density at radius 2 is 1.78 bits per heavy atom. The van der Waals surface area contributed by atoms with E-state index < -0.39 is 10.0 Å². The molecule has 27 heavy (non-hydrogen) atoms. The van der Waals surface area contributed by atoms with Crippen molar-refractivity contribution >= 4 is 21.6 Å². The molecule has 1 fully saturated rings. The third-order valence-corrected chi connectivity index (χ3v) is 6.03. The Morgan fingerprint density at radius 3 is 2.41 bits per heavy atom. The van der Waals surface area contributed by atoms with Crippen molar-refractivity contribution in [2.45, 2.75) is 11.3 Å². The number of amides is 1. The first kappa shape index (κ1) is 19.4. The van der Waals surface area contributed by atoms with E-state index in [1.165, 1.54) is 12.1 Å². The molecular weight excluding hydrogens is 362 g/mol. The molecule has 1 heterocycles. The molecule has 0 bridgehead atoms. The first-order chi connectivity index (χ1) is 12.8. The van der Waals surface area contributed by atoms with Crippen molar-refractivity contribution in [1.29, 1.82) is 0 Å². The maximum atomic E-state index is 12.7. The number of benzene rings is 2. The number of anilines is 1. The molecule has 0 spiro atoms. The van der Waals surface area contributed by atoms with Gasteiger partial charge in [0.1, 0.15) is 0 Å². The van der Waals surface area contributed by atoms with Crippen LogP contribution in [-0.4, -0.2) is 57.9 Å². The Bertz CT molecular complexity index is 880. The number of para-hydroxylation sites is 1. The largest absolute Gasteiger partial charge is 0.338 e. The molecule has 1 aliphatic rings. The van der Waals surface area contributed by atoms with Gasteiger partial charge in [0.05, 0.1) is 4.90 Å². The second kappa shape index (κ2) is 8.10. The lowest BCUT2D eigenvalue weighted by Crippen LogP contribution is -2.30. The summed E-state index contributed by atoms with van der Waals surface area (Å²) in [5.74, 6) is 0.440. The van der Waals surface area contributed by atoms with Gasteiger partial charge in [-0.2, -0.15) is 0 Å². The number of carbonyl (C=O) groups is 1. The molecule has 3 rings (SSSR count). The van der Waals surface area contributed by atoms with E-state index in [0.29, 0.717) is 17.2 Å². The highest BCUT2D eigenvalue weighted by Gasteiger charge is 2.27. The average molecular weight is 388 g/mol. The van der Waals surface area contributed by atoms with Crippen molar-refractivity contribution in [3.05, 3.63) is 60.2 Å². The quantitative estimate of drug-likeness (QED) is 0.827. The molecular formula is C20H25N3O3S. The Labute approximate surface area is 160 Å². The fourth-order valence-corrected chi connectivity index (χ4v) is 4.42. The number of nitrogens with zero attached hydrogens (tertiary/aromatic N) is 2. The van der Waals surface area contributed by atoms with Crippen molar-refractivity contribution in [3.8, 4) is 0 Å². The van der Waals surface area contributed by atoms with Gasteiger partial charge < -0.3 is 9.80 Å². The van der Waals surface area contributed by atoms with Crippen LogP contribution in [0.4, 0.5) is 5.69 Å². The van der Waals surface area contributed by atoms with E-state index in [1.54, 1.807) is 36.4 Å². The third-order valence-electron chi connectivity index (χ3n) is 4.63. The predicted molar refractivity (Wildman–Crippen MR) is 106 cm³/mol. The Balaban J connectivity index is 1.67. The number of rotatable bonds is 6. The molecule has 0 aromatic heterocycles. The van der Waals surface area contributed by atoms with E-state index in [-0.39, 0.29) is 10.8 Å². The van der Waals surface area contributed by atoms with Crippen molar-refractivity contribution in [2.75, 3.05) is 38.5 Å². The smallest absolute Gasteiger partial charge is 0.261 e. The van der Waals surface area contributed by atoms with E-state index in [9.17, 15) is 13.2 Å². The predicted octanol–water partition coefficient (Wildman–Crippen LogP) is 2.51. The number of sulfonamides is 1. The molecule has 1 atom stereocenters. The highest BCUT2D eigenvalue weighted by molar-refractivity contribution is 7.92. The van der Waals surface area contributed by atoms with E-state index in [4.69, 9.17) is 0 Å². The zero-order valence-corrected chi connectivity index (χ0v) is 16.4. The molecule has 7 heteroatoms. The number of hydrogen-bond acceptors (Lipinski definition) is 4. The minimum Gasteiger partial charge on any atom is -0.338 e. The summed E-state index contributed by atoms with van der Waals surface area (Å²) in [6.07, 6.45) is 0.997. The Kier molecular flexibility index (Phi) is 5.82.